The van der Waals surface area contributed by atoms with Gasteiger partial charge in [0.25, 0.3) is 0 Å². The average Bonchev–Trinajstić information content (AvgIpc) is 2.85. The highest BCUT2D eigenvalue weighted by atomic mass is 16.5. The van der Waals surface area contributed by atoms with Crippen molar-refractivity contribution in [2.24, 2.45) is 5.73 Å². The molecule has 0 heterocycles. The molecule has 138 valence electrons. The van der Waals surface area contributed by atoms with Crippen LogP contribution in [0.4, 0.5) is 4.79 Å². The average molecular weight is 347 g/mol. The summed E-state index contributed by atoms with van der Waals surface area (Å²) in [5, 5.41) is 5.66. The van der Waals surface area contributed by atoms with Crippen molar-refractivity contribution in [2.75, 3.05) is 6.61 Å². The molecule has 1 aromatic carbocycles. The van der Waals surface area contributed by atoms with E-state index < -0.39 is 11.4 Å². The van der Waals surface area contributed by atoms with Crippen molar-refractivity contribution in [1.82, 2.24) is 10.6 Å². The molecule has 1 fully saturated rings. The smallest absolute Gasteiger partial charge is 0.315 e. The Hall–Kier alpha value is -2.24. The maximum atomic E-state index is 12.4. The molecule has 2 rings (SSSR count). The van der Waals surface area contributed by atoms with Crippen molar-refractivity contribution in [1.29, 1.82) is 0 Å². The van der Waals surface area contributed by atoms with Crippen LogP contribution in [0.15, 0.2) is 24.3 Å². The van der Waals surface area contributed by atoms with Gasteiger partial charge < -0.3 is 21.1 Å². The number of rotatable bonds is 7. The maximum Gasteiger partial charge on any atom is 0.315 e. The molecular weight excluding hydrogens is 318 g/mol. The molecule has 4 N–H and O–H groups in total. The molecule has 1 aliphatic rings. The number of primary amides is 1. The second-order valence-electron chi connectivity index (χ2n) is 6.62. The summed E-state index contributed by atoms with van der Waals surface area (Å²) in [6.07, 6.45) is 6.07. The van der Waals surface area contributed by atoms with Crippen molar-refractivity contribution in [3.63, 3.8) is 0 Å². The number of amides is 3. The van der Waals surface area contributed by atoms with Crippen molar-refractivity contribution in [3.8, 4) is 5.75 Å². The van der Waals surface area contributed by atoms with Gasteiger partial charge in [-0.3, -0.25) is 4.79 Å². The van der Waals surface area contributed by atoms with E-state index in [9.17, 15) is 9.59 Å². The van der Waals surface area contributed by atoms with Gasteiger partial charge in [0.05, 0.1) is 6.61 Å². The molecule has 25 heavy (non-hydrogen) atoms. The number of carbonyl (C=O) groups is 2. The minimum absolute atomic E-state index is 0.334. The Balaban J connectivity index is 1.96. The van der Waals surface area contributed by atoms with Gasteiger partial charge in [-0.25, -0.2) is 4.79 Å². The van der Waals surface area contributed by atoms with Gasteiger partial charge in [-0.2, -0.15) is 0 Å². The monoisotopic (exact) mass is 347 g/mol. The Kier molecular flexibility index (Phi) is 7.10. The number of nitrogens with two attached hydrogens (primary N) is 1. The van der Waals surface area contributed by atoms with Crippen LogP contribution in [0.25, 0.3) is 0 Å². The van der Waals surface area contributed by atoms with E-state index in [-0.39, 0.29) is 6.03 Å². The minimum atomic E-state index is -0.932. The van der Waals surface area contributed by atoms with Gasteiger partial charge in [0.2, 0.25) is 5.91 Å². The Morgan fingerprint density at radius 3 is 2.48 bits per heavy atom. The molecule has 6 nitrogen and oxygen atoms in total. The molecule has 1 aromatic rings. The first-order valence-electron chi connectivity index (χ1n) is 9.14. The van der Waals surface area contributed by atoms with Gasteiger partial charge in [-0.15, -0.1) is 0 Å². The molecule has 1 saturated carbocycles. The maximum absolute atomic E-state index is 12.4. The lowest BCUT2D eigenvalue weighted by Crippen LogP contribution is -2.59. The van der Waals surface area contributed by atoms with Gasteiger partial charge in [0.15, 0.2) is 0 Å². The molecule has 0 spiro atoms. The van der Waals surface area contributed by atoms with E-state index in [1.807, 2.05) is 31.2 Å². The van der Waals surface area contributed by atoms with E-state index >= 15 is 0 Å². The summed E-state index contributed by atoms with van der Waals surface area (Å²) < 4.78 is 5.70. The summed E-state index contributed by atoms with van der Waals surface area (Å²) in [7, 11) is 0. The molecule has 0 atom stereocenters. The SMILES string of the molecule is CCCOc1ccccc1CNC(=O)NC1(C(N)=O)CCCCCC1. The largest absolute Gasteiger partial charge is 0.493 e. The van der Waals surface area contributed by atoms with Gasteiger partial charge in [-0.1, -0.05) is 50.8 Å². The first kappa shape index (κ1) is 19.1. The zero-order chi connectivity index (χ0) is 18.1. The van der Waals surface area contributed by atoms with Crippen molar-refractivity contribution in [3.05, 3.63) is 29.8 Å². The molecule has 0 saturated heterocycles. The van der Waals surface area contributed by atoms with Crippen LogP contribution in [-0.4, -0.2) is 24.1 Å². The number of para-hydroxylation sites is 1. The zero-order valence-corrected chi connectivity index (χ0v) is 15.0. The summed E-state index contributed by atoms with van der Waals surface area (Å²) in [6, 6.07) is 7.25. The summed E-state index contributed by atoms with van der Waals surface area (Å²) in [5.41, 5.74) is 5.58. The van der Waals surface area contributed by atoms with Crippen LogP contribution in [0.3, 0.4) is 0 Å². The summed E-state index contributed by atoms with van der Waals surface area (Å²) in [5.74, 6) is 0.319. The molecule has 0 aliphatic heterocycles. The number of hydrogen-bond acceptors (Lipinski definition) is 3. The lowest BCUT2D eigenvalue weighted by Gasteiger charge is -2.30. The fourth-order valence-electron chi connectivity index (χ4n) is 3.20. The molecular formula is C19H29N3O3. The van der Waals surface area contributed by atoms with E-state index in [1.54, 1.807) is 0 Å². The van der Waals surface area contributed by atoms with Gasteiger partial charge >= 0.3 is 6.03 Å². The van der Waals surface area contributed by atoms with Crippen LogP contribution >= 0.6 is 0 Å². The third-order valence-electron chi connectivity index (χ3n) is 4.66. The Morgan fingerprint density at radius 2 is 1.84 bits per heavy atom. The van der Waals surface area contributed by atoms with E-state index in [4.69, 9.17) is 10.5 Å². The van der Waals surface area contributed by atoms with Crippen LogP contribution in [0.2, 0.25) is 0 Å². The lowest BCUT2D eigenvalue weighted by molar-refractivity contribution is -0.124. The molecule has 0 bridgehead atoms. The standard InChI is InChI=1S/C19H29N3O3/c1-2-13-25-16-10-6-5-9-15(16)14-21-18(24)22-19(17(20)23)11-7-3-4-8-12-19/h5-6,9-10H,2-4,7-8,11-14H2,1H3,(H2,20,23)(H2,21,22,24). The zero-order valence-electron chi connectivity index (χ0n) is 15.0. The predicted molar refractivity (Wildman–Crippen MR) is 97.2 cm³/mol. The highest BCUT2D eigenvalue weighted by molar-refractivity contribution is 5.89. The third kappa shape index (κ3) is 5.37. The summed E-state index contributed by atoms with van der Waals surface area (Å²) in [6.45, 7) is 3.01. The number of ether oxygens (including phenoxy) is 1. The topological polar surface area (TPSA) is 93.4 Å². The van der Waals surface area contributed by atoms with E-state index in [2.05, 4.69) is 10.6 Å². The summed E-state index contributed by atoms with van der Waals surface area (Å²) >= 11 is 0. The van der Waals surface area contributed by atoms with Gasteiger partial charge in [0, 0.05) is 12.1 Å². The molecule has 1 aliphatic carbocycles. The minimum Gasteiger partial charge on any atom is -0.493 e. The number of benzene rings is 1. The normalized spacial score (nSPS) is 16.5. The lowest BCUT2D eigenvalue weighted by atomic mass is 9.89. The van der Waals surface area contributed by atoms with Crippen molar-refractivity contribution in [2.45, 2.75) is 64.0 Å². The third-order valence-corrected chi connectivity index (χ3v) is 4.66. The van der Waals surface area contributed by atoms with Crippen LogP contribution in [0, 0.1) is 0 Å². The second-order valence-corrected chi connectivity index (χ2v) is 6.62. The van der Waals surface area contributed by atoms with Crippen molar-refractivity contribution < 1.29 is 14.3 Å². The predicted octanol–water partition coefficient (Wildman–Crippen LogP) is 2.85. The quantitative estimate of drug-likeness (QED) is 0.662. The van der Waals surface area contributed by atoms with Crippen LogP contribution in [-0.2, 0) is 11.3 Å². The number of nitrogens with one attached hydrogen (secondary N) is 2. The Bertz CT molecular complexity index is 581. The Morgan fingerprint density at radius 1 is 1.16 bits per heavy atom. The molecule has 0 radical (unpaired) electrons. The van der Waals surface area contributed by atoms with Crippen LogP contribution in [0.5, 0.6) is 5.75 Å². The fourth-order valence-corrected chi connectivity index (χ4v) is 3.20. The van der Waals surface area contributed by atoms with E-state index in [1.165, 1.54) is 0 Å². The number of urea groups is 1. The Labute approximate surface area is 149 Å². The van der Waals surface area contributed by atoms with E-state index in [0.717, 1.165) is 43.4 Å². The summed E-state index contributed by atoms with van der Waals surface area (Å²) in [4.78, 5) is 24.3. The van der Waals surface area contributed by atoms with Crippen LogP contribution < -0.4 is 21.1 Å². The van der Waals surface area contributed by atoms with Gasteiger partial charge in [0.1, 0.15) is 11.3 Å². The molecule has 0 aromatic heterocycles. The highest BCUT2D eigenvalue weighted by Gasteiger charge is 2.38. The van der Waals surface area contributed by atoms with E-state index in [0.29, 0.717) is 26.0 Å². The molecule has 3 amide bonds. The first-order valence-corrected chi connectivity index (χ1v) is 9.14. The number of carbonyl (C=O) groups excluding carboxylic acids is 2. The highest BCUT2D eigenvalue weighted by Crippen LogP contribution is 2.27. The van der Waals surface area contributed by atoms with Crippen molar-refractivity contribution >= 4 is 11.9 Å². The molecule has 6 heteroatoms. The number of hydrogen-bond donors (Lipinski definition) is 3. The van der Waals surface area contributed by atoms with Gasteiger partial charge in [-0.05, 0) is 25.3 Å². The van der Waals surface area contributed by atoms with Crippen LogP contribution in [0.1, 0.15) is 57.4 Å². The second kappa shape index (κ2) is 9.30. The first-order chi connectivity index (χ1) is 12.1. The molecule has 0 unspecified atom stereocenters. The fraction of sp³-hybridized carbons (Fsp3) is 0.579.